The van der Waals surface area contributed by atoms with Gasteiger partial charge < -0.3 is 10.6 Å². The summed E-state index contributed by atoms with van der Waals surface area (Å²) in [5, 5.41) is 4.18. The van der Waals surface area contributed by atoms with Crippen molar-refractivity contribution in [1.29, 1.82) is 0 Å². The van der Waals surface area contributed by atoms with Crippen LogP contribution in [0.1, 0.15) is 38.7 Å². The van der Waals surface area contributed by atoms with E-state index in [4.69, 9.17) is 5.73 Å². The molecule has 0 aromatic carbocycles. The molecule has 1 aromatic rings. The summed E-state index contributed by atoms with van der Waals surface area (Å²) in [7, 11) is 0. The molecule has 1 atom stereocenters. The Balaban J connectivity index is 2.12. The number of hydrogen-bond acceptors (Lipinski definition) is 3. The van der Waals surface area contributed by atoms with E-state index in [0.717, 1.165) is 25.8 Å². The van der Waals surface area contributed by atoms with E-state index in [1.165, 1.54) is 5.56 Å². The Hall–Kier alpha value is -0.870. The summed E-state index contributed by atoms with van der Waals surface area (Å²) in [5.41, 5.74) is 6.63. The van der Waals surface area contributed by atoms with Gasteiger partial charge in [-0.3, -0.25) is 4.79 Å². The minimum atomic E-state index is -0.404. The Morgan fingerprint density at radius 2 is 2.33 bits per heavy atom. The molecule has 0 radical (unpaired) electrons. The lowest BCUT2D eigenvalue weighted by Crippen LogP contribution is -2.46. The Morgan fingerprint density at radius 1 is 1.61 bits per heavy atom. The number of nitrogens with zero attached hydrogens (tertiary/aromatic N) is 1. The Labute approximate surface area is 113 Å². The van der Waals surface area contributed by atoms with Crippen LogP contribution >= 0.6 is 11.3 Å². The lowest BCUT2D eigenvalue weighted by Gasteiger charge is -2.33. The first-order valence-corrected chi connectivity index (χ1v) is 7.57. The third-order valence-electron chi connectivity index (χ3n) is 3.93. The van der Waals surface area contributed by atoms with Gasteiger partial charge in [0, 0.05) is 19.1 Å². The summed E-state index contributed by atoms with van der Waals surface area (Å²) in [5.74, 6) is 0.223. The number of carbonyl (C=O) groups is 1. The predicted octanol–water partition coefficient (Wildman–Crippen LogP) is 2.61. The molecule has 100 valence electrons. The molecular weight excluding hydrogens is 244 g/mol. The monoisotopic (exact) mass is 266 g/mol. The Kier molecular flexibility index (Phi) is 4.07. The molecule has 0 bridgehead atoms. The molecular formula is C14H22N2OS. The van der Waals surface area contributed by atoms with Gasteiger partial charge >= 0.3 is 0 Å². The lowest BCUT2D eigenvalue weighted by molar-refractivity contribution is -0.142. The molecule has 3 nitrogen and oxygen atoms in total. The van der Waals surface area contributed by atoms with Crippen LogP contribution in [0.2, 0.25) is 0 Å². The van der Waals surface area contributed by atoms with Crippen molar-refractivity contribution in [3.05, 3.63) is 22.4 Å². The van der Waals surface area contributed by atoms with Crippen molar-refractivity contribution in [3.63, 3.8) is 0 Å². The molecule has 1 aromatic heterocycles. The van der Waals surface area contributed by atoms with Gasteiger partial charge in [-0.15, -0.1) is 0 Å². The van der Waals surface area contributed by atoms with Crippen LogP contribution in [-0.4, -0.2) is 23.4 Å². The maximum atomic E-state index is 12.7. The van der Waals surface area contributed by atoms with Crippen LogP contribution in [0.25, 0.3) is 0 Å². The van der Waals surface area contributed by atoms with Gasteiger partial charge in [0.05, 0.1) is 5.41 Å². The summed E-state index contributed by atoms with van der Waals surface area (Å²) in [6.45, 7) is 5.19. The van der Waals surface area contributed by atoms with Crippen LogP contribution in [0.15, 0.2) is 16.8 Å². The molecule has 0 aliphatic heterocycles. The second kappa shape index (κ2) is 5.41. The fourth-order valence-corrected chi connectivity index (χ4v) is 2.72. The van der Waals surface area contributed by atoms with Crippen LogP contribution in [0.5, 0.6) is 0 Å². The van der Waals surface area contributed by atoms with Gasteiger partial charge in [-0.1, -0.05) is 6.92 Å². The van der Waals surface area contributed by atoms with E-state index in [0.29, 0.717) is 12.6 Å². The predicted molar refractivity (Wildman–Crippen MR) is 75.3 cm³/mol. The summed E-state index contributed by atoms with van der Waals surface area (Å²) in [6, 6.07) is 2.54. The molecule has 1 unspecified atom stereocenters. The summed E-state index contributed by atoms with van der Waals surface area (Å²) in [4.78, 5) is 14.7. The maximum absolute atomic E-state index is 12.7. The molecule has 1 fully saturated rings. The van der Waals surface area contributed by atoms with Gasteiger partial charge in [0.15, 0.2) is 0 Å². The highest BCUT2D eigenvalue weighted by molar-refractivity contribution is 7.07. The van der Waals surface area contributed by atoms with E-state index < -0.39 is 5.41 Å². The normalized spacial score (nSPS) is 18.4. The fraction of sp³-hybridized carbons (Fsp3) is 0.643. The fourth-order valence-electron chi connectivity index (χ4n) is 2.06. The first-order valence-electron chi connectivity index (χ1n) is 6.63. The minimum absolute atomic E-state index is 0.223. The molecule has 18 heavy (non-hydrogen) atoms. The number of amides is 1. The van der Waals surface area contributed by atoms with Crippen molar-refractivity contribution in [3.8, 4) is 0 Å². The molecule has 1 aliphatic rings. The van der Waals surface area contributed by atoms with Crippen molar-refractivity contribution in [1.82, 2.24) is 4.90 Å². The second-order valence-corrected chi connectivity index (χ2v) is 6.19. The number of nitrogens with two attached hydrogens (primary N) is 1. The largest absolute Gasteiger partial charge is 0.335 e. The van der Waals surface area contributed by atoms with Crippen molar-refractivity contribution in [2.75, 3.05) is 6.54 Å². The van der Waals surface area contributed by atoms with Crippen molar-refractivity contribution in [2.45, 2.75) is 45.7 Å². The first-order chi connectivity index (χ1) is 8.60. The van der Waals surface area contributed by atoms with Crippen LogP contribution in [0.4, 0.5) is 0 Å². The second-order valence-electron chi connectivity index (χ2n) is 5.41. The number of thiophene rings is 1. The molecule has 1 amide bonds. The van der Waals surface area contributed by atoms with Gasteiger partial charge in [0.1, 0.15) is 0 Å². The highest BCUT2D eigenvalue weighted by Gasteiger charge is 2.40. The van der Waals surface area contributed by atoms with Gasteiger partial charge in [-0.2, -0.15) is 11.3 Å². The van der Waals surface area contributed by atoms with E-state index >= 15 is 0 Å². The number of hydrogen-bond donors (Lipinski definition) is 1. The average molecular weight is 266 g/mol. The van der Waals surface area contributed by atoms with Crippen molar-refractivity contribution < 1.29 is 4.79 Å². The third-order valence-corrected chi connectivity index (χ3v) is 4.66. The van der Waals surface area contributed by atoms with Gasteiger partial charge in [0.25, 0.3) is 0 Å². The lowest BCUT2D eigenvalue weighted by atomic mass is 9.86. The van der Waals surface area contributed by atoms with Crippen molar-refractivity contribution >= 4 is 17.2 Å². The van der Waals surface area contributed by atoms with Crippen LogP contribution < -0.4 is 5.73 Å². The van der Waals surface area contributed by atoms with E-state index in [1.807, 2.05) is 18.7 Å². The Morgan fingerprint density at radius 3 is 2.78 bits per heavy atom. The van der Waals surface area contributed by atoms with Crippen LogP contribution in [0.3, 0.4) is 0 Å². The van der Waals surface area contributed by atoms with E-state index in [1.54, 1.807) is 11.3 Å². The van der Waals surface area contributed by atoms with E-state index in [9.17, 15) is 4.79 Å². The molecule has 0 spiro atoms. The zero-order valence-corrected chi connectivity index (χ0v) is 12.0. The number of rotatable bonds is 6. The van der Waals surface area contributed by atoms with Gasteiger partial charge in [-0.05, 0) is 48.6 Å². The molecule has 1 saturated carbocycles. The summed E-state index contributed by atoms with van der Waals surface area (Å²) < 4.78 is 0. The molecule has 1 aliphatic carbocycles. The SMILES string of the molecule is CCC(C)(CN)C(=O)N(Cc1ccsc1)C1CC1. The first kappa shape index (κ1) is 13.6. The standard InChI is InChI=1S/C14H22N2OS/c1-3-14(2,10-15)13(17)16(12-4-5-12)8-11-6-7-18-9-11/h6-7,9,12H,3-5,8,10,15H2,1-2H3. The van der Waals surface area contributed by atoms with E-state index in [-0.39, 0.29) is 5.91 Å². The van der Waals surface area contributed by atoms with Crippen LogP contribution in [0, 0.1) is 5.41 Å². The van der Waals surface area contributed by atoms with Gasteiger partial charge in [0.2, 0.25) is 5.91 Å². The zero-order chi connectivity index (χ0) is 13.2. The molecule has 2 rings (SSSR count). The third kappa shape index (κ3) is 2.75. The zero-order valence-electron chi connectivity index (χ0n) is 11.2. The Bertz CT molecular complexity index is 394. The van der Waals surface area contributed by atoms with Crippen LogP contribution in [-0.2, 0) is 11.3 Å². The average Bonchev–Trinajstić information content (AvgIpc) is 3.11. The molecule has 2 N–H and O–H groups in total. The highest BCUT2D eigenvalue weighted by atomic mass is 32.1. The maximum Gasteiger partial charge on any atom is 0.230 e. The van der Waals surface area contributed by atoms with E-state index in [2.05, 4.69) is 16.8 Å². The minimum Gasteiger partial charge on any atom is -0.335 e. The topological polar surface area (TPSA) is 46.3 Å². The summed E-state index contributed by atoms with van der Waals surface area (Å²) in [6.07, 6.45) is 3.08. The summed E-state index contributed by atoms with van der Waals surface area (Å²) >= 11 is 1.68. The smallest absolute Gasteiger partial charge is 0.230 e. The highest BCUT2D eigenvalue weighted by Crippen LogP contribution is 2.33. The number of carbonyl (C=O) groups excluding carboxylic acids is 1. The van der Waals surface area contributed by atoms with Crippen molar-refractivity contribution in [2.24, 2.45) is 11.1 Å². The quantitative estimate of drug-likeness (QED) is 0.860. The molecule has 1 heterocycles. The molecule has 4 heteroatoms. The van der Waals surface area contributed by atoms with Gasteiger partial charge in [-0.25, -0.2) is 0 Å². The molecule has 0 saturated heterocycles.